The first-order valence-corrected chi connectivity index (χ1v) is 10.5. The van der Waals surface area contributed by atoms with Crippen LogP contribution < -0.4 is 14.8 Å². The molecule has 0 aliphatic rings. The van der Waals surface area contributed by atoms with Crippen LogP contribution in [0.3, 0.4) is 0 Å². The molecule has 1 atom stereocenters. The van der Waals surface area contributed by atoms with Gasteiger partial charge in [0.15, 0.2) is 11.9 Å². The first-order valence-electron chi connectivity index (χ1n) is 10.5. The Balaban J connectivity index is 1.68. The van der Waals surface area contributed by atoms with E-state index in [2.05, 4.69) is 26.1 Å². The summed E-state index contributed by atoms with van der Waals surface area (Å²) in [6.45, 7) is 8.07. The summed E-state index contributed by atoms with van der Waals surface area (Å²) in [7, 11) is 1.57. The quantitative estimate of drug-likeness (QED) is 0.493. The van der Waals surface area contributed by atoms with Gasteiger partial charge in [0, 0.05) is 22.9 Å². The maximum atomic E-state index is 12.9. The Bertz CT molecular complexity index is 1100. The predicted octanol–water partition coefficient (Wildman–Crippen LogP) is 5.63. The highest BCUT2D eigenvalue weighted by Gasteiger charge is 2.17. The summed E-state index contributed by atoms with van der Waals surface area (Å²) in [5.41, 5.74) is 2.84. The number of methoxy groups -OCH3 is 1. The van der Waals surface area contributed by atoms with Crippen molar-refractivity contribution in [3.63, 3.8) is 0 Å². The summed E-state index contributed by atoms with van der Waals surface area (Å²) >= 11 is 0. The normalized spacial score (nSPS) is 12.0. The van der Waals surface area contributed by atoms with Gasteiger partial charge in [-0.05, 0) is 42.2 Å². The van der Waals surface area contributed by atoms with Crippen LogP contribution in [0, 0.1) is 0 Å². The monoisotopic (exact) mass is 431 g/mol. The highest BCUT2D eigenvalue weighted by Crippen LogP contribution is 2.24. The summed E-state index contributed by atoms with van der Waals surface area (Å²) in [4.78, 5) is 25.5. The minimum Gasteiger partial charge on any atom is -0.497 e. The van der Waals surface area contributed by atoms with Gasteiger partial charge in [0.25, 0.3) is 5.91 Å². The van der Waals surface area contributed by atoms with Crippen molar-refractivity contribution in [2.45, 2.75) is 39.2 Å². The molecule has 166 valence electrons. The van der Waals surface area contributed by atoms with Gasteiger partial charge >= 0.3 is 0 Å². The number of rotatable bonds is 7. The molecule has 0 radical (unpaired) electrons. The number of hydrogen-bond acceptors (Lipinski definition) is 4. The molecule has 3 aromatic rings. The smallest absolute Gasteiger partial charge is 0.265 e. The highest BCUT2D eigenvalue weighted by atomic mass is 16.5. The highest BCUT2D eigenvalue weighted by molar-refractivity contribution is 6.09. The van der Waals surface area contributed by atoms with E-state index < -0.39 is 6.10 Å². The number of carbonyl (C=O) groups is 2. The van der Waals surface area contributed by atoms with Crippen molar-refractivity contribution in [3.8, 4) is 11.5 Å². The molecule has 3 aromatic carbocycles. The number of carbonyl (C=O) groups excluding carboxylic acids is 2. The third-order valence-corrected chi connectivity index (χ3v) is 5.13. The van der Waals surface area contributed by atoms with Crippen molar-refractivity contribution in [2.24, 2.45) is 0 Å². The second-order valence-corrected chi connectivity index (χ2v) is 8.67. The predicted molar refractivity (Wildman–Crippen MR) is 127 cm³/mol. The van der Waals surface area contributed by atoms with Crippen LogP contribution in [0.15, 0.2) is 72.8 Å². The molecule has 0 aliphatic carbocycles. The van der Waals surface area contributed by atoms with Crippen LogP contribution in [0.1, 0.15) is 49.2 Å². The largest absolute Gasteiger partial charge is 0.497 e. The molecule has 5 nitrogen and oxygen atoms in total. The second-order valence-electron chi connectivity index (χ2n) is 8.67. The molecule has 32 heavy (non-hydrogen) atoms. The molecular formula is C27H29NO4. The standard InChI is InChI=1S/C27H29NO4/c1-18(32-24-11-7-10-23(17-24)31-5)26(30)28-22-9-6-8-20(16-22)25(29)19-12-14-21(15-13-19)27(2,3)4/h6-18H,1-5H3,(H,28,30)/t18-/m0/s1. The maximum absolute atomic E-state index is 12.9. The molecule has 0 aliphatic heterocycles. The summed E-state index contributed by atoms with van der Waals surface area (Å²) in [6, 6.07) is 21.6. The van der Waals surface area contributed by atoms with E-state index in [-0.39, 0.29) is 17.1 Å². The zero-order chi connectivity index (χ0) is 23.3. The second kappa shape index (κ2) is 9.69. The number of hydrogen-bond donors (Lipinski definition) is 1. The molecule has 0 saturated carbocycles. The van der Waals surface area contributed by atoms with E-state index in [0.29, 0.717) is 28.3 Å². The van der Waals surface area contributed by atoms with E-state index >= 15 is 0 Å². The molecule has 5 heteroatoms. The van der Waals surface area contributed by atoms with Crippen molar-refractivity contribution < 1.29 is 19.1 Å². The van der Waals surface area contributed by atoms with Crippen LogP contribution in [0.5, 0.6) is 11.5 Å². The lowest BCUT2D eigenvalue weighted by Crippen LogP contribution is -2.30. The van der Waals surface area contributed by atoms with Gasteiger partial charge in [0.2, 0.25) is 0 Å². The van der Waals surface area contributed by atoms with Gasteiger partial charge in [0.1, 0.15) is 11.5 Å². The molecule has 1 amide bonds. The Hall–Kier alpha value is -3.60. The molecule has 1 N–H and O–H groups in total. The first kappa shape index (κ1) is 23.1. The number of benzene rings is 3. The van der Waals surface area contributed by atoms with E-state index in [0.717, 1.165) is 0 Å². The van der Waals surface area contributed by atoms with E-state index in [9.17, 15) is 9.59 Å². The van der Waals surface area contributed by atoms with Gasteiger partial charge in [-0.25, -0.2) is 0 Å². The van der Waals surface area contributed by atoms with Gasteiger partial charge in [0.05, 0.1) is 7.11 Å². The van der Waals surface area contributed by atoms with E-state index in [1.807, 2.05) is 24.3 Å². The van der Waals surface area contributed by atoms with Gasteiger partial charge in [-0.1, -0.05) is 63.2 Å². The molecule has 0 saturated heterocycles. The molecule has 0 bridgehead atoms. The van der Waals surface area contributed by atoms with Crippen molar-refractivity contribution >= 4 is 17.4 Å². The Kier molecular flexibility index (Phi) is 6.98. The molecular weight excluding hydrogens is 402 g/mol. The molecule has 0 aromatic heterocycles. The van der Waals surface area contributed by atoms with Crippen LogP contribution in [0.2, 0.25) is 0 Å². The van der Waals surface area contributed by atoms with Crippen molar-refractivity contribution in [1.29, 1.82) is 0 Å². The lowest BCUT2D eigenvalue weighted by atomic mass is 9.86. The minimum atomic E-state index is -0.730. The fraction of sp³-hybridized carbons (Fsp3) is 0.259. The summed E-state index contributed by atoms with van der Waals surface area (Å²) in [6.07, 6.45) is -0.730. The number of ether oxygens (including phenoxy) is 2. The molecule has 0 unspecified atom stereocenters. The van der Waals surface area contributed by atoms with Gasteiger partial charge in [-0.15, -0.1) is 0 Å². The van der Waals surface area contributed by atoms with Crippen molar-refractivity contribution in [3.05, 3.63) is 89.5 Å². The average molecular weight is 432 g/mol. The van der Waals surface area contributed by atoms with Gasteiger partial charge < -0.3 is 14.8 Å². The number of nitrogens with one attached hydrogen (secondary N) is 1. The summed E-state index contributed by atoms with van der Waals surface area (Å²) < 4.78 is 10.9. The van der Waals surface area contributed by atoms with Crippen LogP contribution >= 0.6 is 0 Å². The van der Waals surface area contributed by atoms with Crippen molar-refractivity contribution in [2.75, 3.05) is 12.4 Å². The van der Waals surface area contributed by atoms with Crippen LogP contribution in [0.25, 0.3) is 0 Å². The Morgan fingerprint density at radius 2 is 1.50 bits per heavy atom. The van der Waals surface area contributed by atoms with E-state index in [1.54, 1.807) is 62.6 Å². The van der Waals surface area contributed by atoms with E-state index in [1.165, 1.54) is 5.56 Å². The van der Waals surface area contributed by atoms with E-state index in [4.69, 9.17) is 9.47 Å². The first-order chi connectivity index (χ1) is 15.2. The maximum Gasteiger partial charge on any atom is 0.265 e. The number of anilines is 1. The lowest BCUT2D eigenvalue weighted by Gasteiger charge is -2.19. The fourth-order valence-electron chi connectivity index (χ4n) is 3.20. The topological polar surface area (TPSA) is 64.6 Å². The van der Waals surface area contributed by atoms with Gasteiger partial charge in [-0.2, -0.15) is 0 Å². The summed E-state index contributed by atoms with van der Waals surface area (Å²) in [5, 5.41) is 2.82. The Labute approximate surface area is 189 Å². The Morgan fingerprint density at radius 1 is 0.844 bits per heavy atom. The lowest BCUT2D eigenvalue weighted by molar-refractivity contribution is -0.122. The average Bonchev–Trinajstić information content (AvgIpc) is 2.78. The van der Waals surface area contributed by atoms with Crippen LogP contribution in [-0.2, 0) is 10.2 Å². The molecule has 0 heterocycles. The zero-order valence-electron chi connectivity index (χ0n) is 19.1. The third-order valence-electron chi connectivity index (χ3n) is 5.13. The molecule has 3 rings (SSSR count). The summed E-state index contributed by atoms with van der Waals surface area (Å²) in [5.74, 6) is 0.778. The van der Waals surface area contributed by atoms with Gasteiger partial charge in [-0.3, -0.25) is 9.59 Å². The SMILES string of the molecule is COc1cccc(O[C@@H](C)C(=O)Nc2cccc(C(=O)c3ccc(C(C)(C)C)cc3)c2)c1. The number of ketones is 1. The molecule has 0 fully saturated rings. The molecule has 0 spiro atoms. The van der Waals surface area contributed by atoms with Crippen molar-refractivity contribution in [1.82, 2.24) is 0 Å². The zero-order valence-corrected chi connectivity index (χ0v) is 19.1. The third kappa shape index (κ3) is 5.76. The number of amides is 1. The minimum absolute atomic E-state index is 0.0232. The van der Waals surface area contributed by atoms with Crippen LogP contribution in [-0.4, -0.2) is 24.9 Å². The fourth-order valence-corrected chi connectivity index (χ4v) is 3.20. The van der Waals surface area contributed by atoms with Crippen LogP contribution in [0.4, 0.5) is 5.69 Å². The Morgan fingerprint density at radius 3 is 2.16 bits per heavy atom.